The van der Waals surface area contributed by atoms with Crippen molar-refractivity contribution in [3.8, 4) is 0 Å². The van der Waals surface area contributed by atoms with Crippen molar-refractivity contribution in [2.75, 3.05) is 24.6 Å². The molecule has 1 aromatic rings. The van der Waals surface area contributed by atoms with Crippen LogP contribution in [0, 0.1) is 0 Å². The molecule has 6 nitrogen and oxygen atoms in total. The first-order chi connectivity index (χ1) is 12.2. The van der Waals surface area contributed by atoms with E-state index in [0.29, 0.717) is 54.0 Å². The summed E-state index contributed by atoms with van der Waals surface area (Å²) in [5.74, 6) is 0.801. The molecule has 3 N–H and O–H groups in total. The van der Waals surface area contributed by atoms with Gasteiger partial charge in [-0.25, -0.2) is 4.79 Å². The largest absolute Gasteiger partial charge is 0.465 e. The Balaban J connectivity index is 1.78. The van der Waals surface area contributed by atoms with Crippen LogP contribution in [0.5, 0.6) is 0 Å². The van der Waals surface area contributed by atoms with Crippen molar-refractivity contribution in [1.29, 1.82) is 0 Å². The maximum absolute atomic E-state index is 11.3. The van der Waals surface area contributed by atoms with Crippen LogP contribution in [0.3, 0.4) is 0 Å². The lowest BCUT2D eigenvalue weighted by Crippen LogP contribution is -2.47. The molecule has 0 bridgehead atoms. The topological polar surface area (TPSA) is 84.2 Å². The number of hydrogen-bond donors (Lipinski definition) is 3. The molecule has 0 aliphatic carbocycles. The summed E-state index contributed by atoms with van der Waals surface area (Å²) in [5, 5.41) is 10.4. The quantitative estimate of drug-likeness (QED) is 0.666. The van der Waals surface area contributed by atoms with Crippen molar-refractivity contribution in [3.05, 3.63) is 33.8 Å². The minimum atomic E-state index is -2.46. The van der Waals surface area contributed by atoms with Gasteiger partial charge in [-0.1, -0.05) is 29.3 Å². The van der Waals surface area contributed by atoms with Crippen molar-refractivity contribution in [2.24, 2.45) is 0 Å². The van der Waals surface area contributed by atoms with Crippen LogP contribution in [-0.4, -0.2) is 66.8 Å². The first kappa shape index (κ1) is 20.0. The number of likely N-dealkylation sites (tertiary alicyclic amines) is 1. The van der Waals surface area contributed by atoms with Crippen molar-refractivity contribution >= 4 is 39.9 Å². The smallest absolute Gasteiger partial charge is 0.407 e. The van der Waals surface area contributed by atoms with Gasteiger partial charge in [0.2, 0.25) is 0 Å². The molecular weight excluding hydrogens is 399 g/mol. The Hall–Kier alpha value is -0.700. The lowest BCUT2D eigenvalue weighted by atomic mass is 10.0. The van der Waals surface area contributed by atoms with Gasteiger partial charge in [-0.3, -0.25) is 14.0 Å². The molecule has 1 amide bonds. The van der Waals surface area contributed by atoms with Crippen molar-refractivity contribution in [3.63, 3.8) is 0 Å². The van der Waals surface area contributed by atoms with Crippen LogP contribution < -0.4 is 0 Å². The average Bonchev–Trinajstić information content (AvgIpc) is 3.05. The lowest BCUT2D eigenvalue weighted by Gasteiger charge is -2.45. The van der Waals surface area contributed by atoms with Gasteiger partial charge in [0.05, 0.1) is 0 Å². The second-order valence-electron chi connectivity index (χ2n) is 7.02. The van der Waals surface area contributed by atoms with E-state index in [-0.39, 0.29) is 12.1 Å². The summed E-state index contributed by atoms with van der Waals surface area (Å²) in [6, 6.07) is 5.70. The molecule has 0 saturated carbocycles. The second kappa shape index (κ2) is 8.12. The molecule has 2 aliphatic heterocycles. The molecule has 3 rings (SSSR count). The van der Waals surface area contributed by atoms with E-state index in [1.807, 2.05) is 6.07 Å². The molecule has 0 unspecified atom stereocenters. The normalized spacial score (nSPS) is 24.8. The SMILES string of the molecule is O=C(O)N1CC[C@H](N(Cc2ccc(Cl)cc2Cl)C2CCS(O)(O)CC2)C1. The molecule has 1 aromatic carbocycles. The van der Waals surface area contributed by atoms with Gasteiger partial charge in [-0.15, -0.1) is 0 Å². The summed E-state index contributed by atoms with van der Waals surface area (Å²) in [6.07, 6.45) is 1.26. The van der Waals surface area contributed by atoms with Crippen LogP contribution in [0.15, 0.2) is 18.2 Å². The Kier molecular flexibility index (Phi) is 6.26. The van der Waals surface area contributed by atoms with Crippen LogP contribution in [-0.2, 0) is 6.54 Å². The monoisotopic (exact) mass is 422 g/mol. The highest BCUT2D eigenvalue weighted by Gasteiger charge is 2.36. The first-order valence-corrected chi connectivity index (χ1v) is 11.3. The van der Waals surface area contributed by atoms with Gasteiger partial charge in [-0.05, 0) is 37.0 Å². The summed E-state index contributed by atoms with van der Waals surface area (Å²) in [7, 11) is -2.46. The van der Waals surface area contributed by atoms with Gasteiger partial charge in [-0.2, -0.15) is 10.6 Å². The fourth-order valence-corrected chi connectivity index (χ4v) is 5.79. The number of amides is 1. The van der Waals surface area contributed by atoms with E-state index in [1.165, 1.54) is 4.90 Å². The van der Waals surface area contributed by atoms with Gasteiger partial charge in [0.15, 0.2) is 0 Å². The van der Waals surface area contributed by atoms with Gasteiger partial charge >= 0.3 is 6.09 Å². The van der Waals surface area contributed by atoms with Crippen LogP contribution in [0.4, 0.5) is 4.79 Å². The highest BCUT2D eigenvalue weighted by atomic mass is 35.5. The highest BCUT2D eigenvalue weighted by Crippen LogP contribution is 2.45. The van der Waals surface area contributed by atoms with Crippen LogP contribution in [0.2, 0.25) is 10.0 Å². The predicted octanol–water partition coefficient (Wildman–Crippen LogP) is 4.46. The van der Waals surface area contributed by atoms with E-state index in [4.69, 9.17) is 23.2 Å². The lowest BCUT2D eigenvalue weighted by molar-refractivity contribution is 0.110. The molecule has 2 fully saturated rings. The predicted molar refractivity (Wildman–Crippen MR) is 106 cm³/mol. The molecule has 1 atom stereocenters. The summed E-state index contributed by atoms with van der Waals surface area (Å²) < 4.78 is 19.8. The standard InChI is InChI=1S/C17H24Cl2N2O4S/c18-13-2-1-12(16(19)9-13)10-21(14-4-7-26(24,25)8-5-14)15-3-6-20(11-15)17(22)23/h1-2,9,14-15,24-25H,3-8,10-11H2,(H,22,23)/t15-/m0/s1. The van der Waals surface area contributed by atoms with Crippen LogP contribution >= 0.6 is 33.8 Å². The molecule has 2 saturated heterocycles. The maximum Gasteiger partial charge on any atom is 0.407 e. The Bertz CT molecular complexity index is 666. The Morgan fingerprint density at radius 1 is 1.19 bits per heavy atom. The molecule has 2 aliphatic rings. The van der Waals surface area contributed by atoms with Crippen LogP contribution in [0.1, 0.15) is 24.8 Å². The minimum absolute atomic E-state index is 0.0998. The van der Waals surface area contributed by atoms with Crippen molar-refractivity contribution in [1.82, 2.24) is 9.80 Å². The molecule has 0 spiro atoms. The molecule has 0 radical (unpaired) electrons. The Morgan fingerprint density at radius 2 is 1.88 bits per heavy atom. The van der Waals surface area contributed by atoms with Crippen LogP contribution in [0.25, 0.3) is 0 Å². The molecule has 2 heterocycles. The Labute approximate surface area is 165 Å². The number of halogens is 2. The average molecular weight is 423 g/mol. The molecular formula is C17H24Cl2N2O4S. The van der Waals surface area contributed by atoms with E-state index in [0.717, 1.165) is 12.0 Å². The van der Waals surface area contributed by atoms with E-state index in [2.05, 4.69) is 4.90 Å². The van der Waals surface area contributed by atoms with Crippen molar-refractivity contribution in [2.45, 2.75) is 37.9 Å². The van der Waals surface area contributed by atoms with E-state index < -0.39 is 16.7 Å². The zero-order chi connectivity index (χ0) is 18.9. The van der Waals surface area contributed by atoms with E-state index >= 15 is 0 Å². The number of benzene rings is 1. The zero-order valence-corrected chi connectivity index (χ0v) is 16.7. The number of rotatable bonds is 4. The summed E-state index contributed by atoms with van der Waals surface area (Å²) in [6.45, 7) is 1.58. The van der Waals surface area contributed by atoms with E-state index in [9.17, 15) is 19.0 Å². The summed E-state index contributed by atoms with van der Waals surface area (Å²) >= 11 is 12.3. The Morgan fingerprint density at radius 3 is 2.46 bits per heavy atom. The van der Waals surface area contributed by atoms with Gasteiger partial charge in [0.25, 0.3) is 0 Å². The summed E-state index contributed by atoms with van der Waals surface area (Å²) in [5.41, 5.74) is 0.946. The summed E-state index contributed by atoms with van der Waals surface area (Å²) in [4.78, 5) is 15.0. The highest BCUT2D eigenvalue weighted by molar-refractivity contribution is 8.24. The number of hydrogen-bond acceptors (Lipinski definition) is 4. The van der Waals surface area contributed by atoms with Gasteiger partial charge in [0.1, 0.15) is 0 Å². The minimum Gasteiger partial charge on any atom is -0.465 e. The molecule has 26 heavy (non-hydrogen) atoms. The number of carboxylic acid groups (broad SMARTS) is 1. The third-order valence-corrected chi connectivity index (χ3v) is 7.66. The first-order valence-electron chi connectivity index (χ1n) is 8.66. The fraction of sp³-hybridized carbons (Fsp3) is 0.588. The van der Waals surface area contributed by atoms with Gasteiger partial charge < -0.3 is 10.0 Å². The van der Waals surface area contributed by atoms with E-state index in [1.54, 1.807) is 12.1 Å². The zero-order valence-electron chi connectivity index (χ0n) is 14.4. The molecule has 146 valence electrons. The number of nitrogens with zero attached hydrogens (tertiary/aromatic N) is 2. The number of carbonyl (C=O) groups is 1. The third-order valence-electron chi connectivity index (χ3n) is 5.30. The van der Waals surface area contributed by atoms with Gasteiger partial charge in [0, 0.05) is 53.3 Å². The fourth-order valence-electron chi connectivity index (χ4n) is 3.82. The third kappa shape index (κ3) is 4.77. The second-order valence-corrected chi connectivity index (χ2v) is 10.3. The maximum atomic E-state index is 11.3. The van der Waals surface area contributed by atoms with Crippen molar-refractivity contribution < 1.29 is 19.0 Å². The molecule has 0 aromatic heterocycles. The molecule has 9 heteroatoms.